The van der Waals surface area contributed by atoms with Crippen LogP contribution in [-0.4, -0.2) is 24.5 Å². The minimum absolute atomic E-state index is 0.547. The molecule has 0 radical (unpaired) electrons. The quantitative estimate of drug-likeness (QED) is 0.335. The van der Waals surface area contributed by atoms with Crippen molar-refractivity contribution in [1.82, 2.24) is 10.7 Å². The number of thiocarbonyl (C=S) groups is 1. The van der Waals surface area contributed by atoms with Crippen LogP contribution in [0.25, 0.3) is 0 Å². The van der Waals surface area contributed by atoms with Crippen LogP contribution < -0.4 is 15.5 Å². The van der Waals surface area contributed by atoms with E-state index in [1.165, 1.54) is 12.8 Å². The van der Waals surface area contributed by atoms with Crippen LogP contribution in [-0.2, 0) is 0 Å². The van der Waals surface area contributed by atoms with Gasteiger partial charge in [-0.3, -0.25) is 5.43 Å². The summed E-state index contributed by atoms with van der Waals surface area (Å²) in [5, 5.41) is 7.79. The molecule has 1 rings (SSSR count). The van der Waals surface area contributed by atoms with E-state index in [4.69, 9.17) is 17.0 Å². The molecule has 110 valence electrons. The lowest BCUT2D eigenvalue weighted by molar-refractivity contribution is 0.340. The van der Waals surface area contributed by atoms with Crippen molar-refractivity contribution in [3.63, 3.8) is 0 Å². The number of ether oxygens (including phenoxy) is 1. The number of hydrogen-bond acceptors (Lipinski definition) is 3. The van der Waals surface area contributed by atoms with E-state index in [1.807, 2.05) is 31.2 Å². The first-order chi connectivity index (χ1) is 9.77. The van der Waals surface area contributed by atoms with Crippen LogP contribution in [0.5, 0.6) is 5.75 Å². The van der Waals surface area contributed by atoms with Crippen LogP contribution in [0.4, 0.5) is 0 Å². The summed E-state index contributed by atoms with van der Waals surface area (Å²) in [6, 6.07) is 7.76. The van der Waals surface area contributed by atoms with Gasteiger partial charge in [0.15, 0.2) is 5.11 Å². The van der Waals surface area contributed by atoms with Gasteiger partial charge < -0.3 is 10.1 Å². The molecule has 20 heavy (non-hydrogen) atoms. The molecule has 0 amide bonds. The fourth-order valence-electron chi connectivity index (χ4n) is 1.65. The number of rotatable bonds is 8. The van der Waals surface area contributed by atoms with Gasteiger partial charge in [0, 0.05) is 12.1 Å². The summed E-state index contributed by atoms with van der Waals surface area (Å²) < 4.78 is 5.52. The van der Waals surface area contributed by atoms with Crippen LogP contribution in [0.1, 0.15) is 38.7 Å². The highest BCUT2D eigenvalue weighted by atomic mass is 32.1. The normalized spacial score (nSPS) is 10.5. The maximum atomic E-state index is 5.52. The van der Waals surface area contributed by atoms with E-state index in [1.54, 1.807) is 6.21 Å². The van der Waals surface area contributed by atoms with Gasteiger partial charge in [0.2, 0.25) is 0 Å². The van der Waals surface area contributed by atoms with Crippen molar-refractivity contribution < 1.29 is 4.74 Å². The van der Waals surface area contributed by atoms with Crippen molar-refractivity contribution in [2.45, 2.75) is 33.1 Å². The molecule has 0 heterocycles. The molecule has 4 nitrogen and oxygen atoms in total. The van der Waals surface area contributed by atoms with Gasteiger partial charge in [-0.05, 0) is 37.7 Å². The Morgan fingerprint density at radius 2 is 2.10 bits per heavy atom. The summed E-state index contributed by atoms with van der Waals surface area (Å²) in [4.78, 5) is 0. The molecule has 0 spiro atoms. The Labute approximate surface area is 126 Å². The topological polar surface area (TPSA) is 45.7 Å². The summed E-state index contributed by atoms with van der Waals surface area (Å²) in [6.45, 7) is 5.65. The first kappa shape index (κ1) is 16.4. The Kier molecular flexibility index (Phi) is 8.38. The smallest absolute Gasteiger partial charge is 0.186 e. The monoisotopic (exact) mass is 293 g/mol. The average Bonchev–Trinajstić information content (AvgIpc) is 2.46. The zero-order chi connectivity index (χ0) is 14.6. The van der Waals surface area contributed by atoms with Crippen molar-refractivity contribution in [2.75, 3.05) is 13.2 Å². The third kappa shape index (κ3) is 6.52. The molecule has 0 aliphatic heterocycles. The van der Waals surface area contributed by atoms with E-state index >= 15 is 0 Å². The summed E-state index contributed by atoms with van der Waals surface area (Å²) in [6.07, 6.45) is 5.25. The van der Waals surface area contributed by atoms with Crippen LogP contribution in [0.15, 0.2) is 29.4 Å². The first-order valence-electron chi connectivity index (χ1n) is 7.06. The molecule has 0 unspecified atom stereocenters. The minimum atomic E-state index is 0.547. The van der Waals surface area contributed by atoms with Gasteiger partial charge in [0.1, 0.15) is 5.75 Å². The summed E-state index contributed by atoms with van der Waals surface area (Å²) in [5.41, 5.74) is 3.74. The van der Waals surface area contributed by atoms with Crippen molar-refractivity contribution in [3.05, 3.63) is 29.8 Å². The van der Waals surface area contributed by atoms with Crippen molar-refractivity contribution in [1.29, 1.82) is 0 Å². The van der Waals surface area contributed by atoms with Crippen LogP contribution >= 0.6 is 12.2 Å². The molecule has 1 aromatic carbocycles. The number of hydrazone groups is 1. The lowest BCUT2D eigenvalue weighted by Gasteiger charge is -2.07. The van der Waals surface area contributed by atoms with Gasteiger partial charge in [-0.1, -0.05) is 31.9 Å². The predicted molar refractivity (Wildman–Crippen MR) is 88.5 cm³/mol. The van der Waals surface area contributed by atoms with Gasteiger partial charge in [-0.15, -0.1) is 0 Å². The van der Waals surface area contributed by atoms with Crippen LogP contribution in [0.2, 0.25) is 0 Å². The van der Waals surface area contributed by atoms with Crippen molar-refractivity contribution >= 4 is 23.5 Å². The summed E-state index contributed by atoms with van der Waals surface area (Å²) in [7, 11) is 0. The predicted octanol–water partition coefficient (Wildman–Crippen LogP) is 3.07. The molecule has 0 saturated heterocycles. The van der Waals surface area contributed by atoms with Crippen molar-refractivity contribution in [2.24, 2.45) is 5.10 Å². The van der Waals surface area contributed by atoms with Gasteiger partial charge >= 0.3 is 0 Å². The molecule has 5 heteroatoms. The zero-order valence-corrected chi connectivity index (χ0v) is 13.0. The summed E-state index contributed by atoms with van der Waals surface area (Å²) >= 11 is 5.14. The highest BCUT2D eigenvalue weighted by molar-refractivity contribution is 7.80. The lowest BCUT2D eigenvalue weighted by Crippen LogP contribution is -2.32. The van der Waals surface area contributed by atoms with E-state index in [0.29, 0.717) is 11.7 Å². The number of hydrogen-bond donors (Lipinski definition) is 2. The van der Waals surface area contributed by atoms with E-state index in [-0.39, 0.29) is 0 Å². The molecule has 0 atom stereocenters. The third-order valence-electron chi connectivity index (χ3n) is 2.65. The molecule has 0 bridgehead atoms. The second-order valence-corrected chi connectivity index (χ2v) is 4.71. The Balaban J connectivity index is 2.38. The SMILES string of the molecule is CCCCCNC(=S)N/N=C\c1ccccc1OCC. The molecule has 2 N–H and O–H groups in total. The Morgan fingerprint density at radius 3 is 2.85 bits per heavy atom. The van der Waals surface area contributed by atoms with E-state index < -0.39 is 0 Å². The third-order valence-corrected chi connectivity index (χ3v) is 2.89. The zero-order valence-electron chi connectivity index (χ0n) is 12.2. The molecule has 0 aliphatic rings. The van der Waals surface area contributed by atoms with Gasteiger partial charge in [-0.2, -0.15) is 5.10 Å². The van der Waals surface area contributed by atoms with Crippen molar-refractivity contribution in [3.8, 4) is 5.75 Å². The maximum Gasteiger partial charge on any atom is 0.186 e. The molecule has 0 saturated carbocycles. The van der Waals surface area contributed by atoms with Gasteiger partial charge in [-0.25, -0.2) is 0 Å². The fourth-order valence-corrected chi connectivity index (χ4v) is 1.81. The highest BCUT2D eigenvalue weighted by Gasteiger charge is 1.98. The molecular formula is C15H23N3OS. The second kappa shape index (κ2) is 10.2. The fraction of sp³-hybridized carbons (Fsp3) is 0.467. The molecule has 0 aliphatic carbocycles. The molecule has 0 aromatic heterocycles. The maximum absolute atomic E-state index is 5.52. The number of nitrogens with zero attached hydrogens (tertiary/aromatic N) is 1. The average molecular weight is 293 g/mol. The van der Waals surface area contributed by atoms with E-state index in [0.717, 1.165) is 24.3 Å². The lowest BCUT2D eigenvalue weighted by atomic mass is 10.2. The largest absolute Gasteiger partial charge is 0.493 e. The molecule has 0 fully saturated rings. The van der Waals surface area contributed by atoms with E-state index in [2.05, 4.69) is 22.8 Å². The van der Waals surface area contributed by atoms with Gasteiger partial charge in [0.05, 0.1) is 12.8 Å². The highest BCUT2D eigenvalue weighted by Crippen LogP contribution is 2.15. The molecular weight excluding hydrogens is 270 g/mol. The second-order valence-electron chi connectivity index (χ2n) is 4.30. The summed E-state index contributed by atoms with van der Waals surface area (Å²) in [5.74, 6) is 0.822. The Hall–Kier alpha value is -1.62. The number of nitrogens with one attached hydrogen (secondary N) is 2. The standard InChI is InChI=1S/C15H23N3OS/c1-3-5-8-11-16-15(20)18-17-12-13-9-6-7-10-14(13)19-4-2/h6-7,9-10,12H,3-5,8,11H2,1-2H3,(H2,16,18,20)/b17-12-. The number of para-hydroxylation sites is 1. The number of benzene rings is 1. The first-order valence-corrected chi connectivity index (χ1v) is 7.47. The molecule has 1 aromatic rings. The van der Waals surface area contributed by atoms with Crippen LogP contribution in [0.3, 0.4) is 0 Å². The van der Waals surface area contributed by atoms with E-state index in [9.17, 15) is 0 Å². The Morgan fingerprint density at radius 1 is 1.30 bits per heavy atom. The Bertz CT molecular complexity index is 435. The minimum Gasteiger partial charge on any atom is -0.493 e. The van der Waals surface area contributed by atoms with Gasteiger partial charge in [0.25, 0.3) is 0 Å². The van der Waals surface area contributed by atoms with Crippen LogP contribution in [0, 0.1) is 0 Å². The number of unbranched alkanes of at least 4 members (excludes halogenated alkanes) is 2.